The molecule has 0 aromatic heterocycles. The van der Waals surface area contributed by atoms with Crippen LogP contribution in [0.3, 0.4) is 0 Å². The summed E-state index contributed by atoms with van der Waals surface area (Å²) < 4.78 is 10.2. The van der Waals surface area contributed by atoms with Gasteiger partial charge in [-0.3, -0.25) is 4.79 Å². The second kappa shape index (κ2) is 7.36. The normalized spacial score (nSPS) is 14.8. The molecule has 0 aliphatic rings. The Bertz CT molecular complexity index is 283. The second-order valence-corrected chi connectivity index (χ2v) is 5.41. The van der Waals surface area contributed by atoms with Gasteiger partial charge in [-0.2, -0.15) is 0 Å². The Balaban J connectivity index is 4.04. The third-order valence-corrected chi connectivity index (χ3v) is 2.32. The number of carbonyl (C=O) groups is 2. The fourth-order valence-electron chi connectivity index (χ4n) is 1.21. The highest BCUT2D eigenvalue weighted by Crippen LogP contribution is 2.08. The first kappa shape index (κ1) is 16.9. The Morgan fingerprint density at radius 1 is 1.22 bits per heavy atom. The zero-order valence-electron chi connectivity index (χ0n) is 12.2. The highest BCUT2D eigenvalue weighted by molar-refractivity contribution is 5.84. The monoisotopic (exact) mass is 259 g/mol. The van der Waals surface area contributed by atoms with E-state index in [1.807, 2.05) is 6.92 Å². The van der Waals surface area contributed by atoms with Gasteiger partial charge < -0.3 is 14.8 Å². The summed E-state index contributed by atoms with van der Waals surface area (Å²) in [7, 11) is 1.60. The third-order valence-electron chi connectivity index (χ3n) is 2.32. The van der Waals surface area contributed by atoms with Crippen molar-refractivity contribution in [3.05, 3.63) is 0 Å². The molecule has 0 bridgehead atoms. The van der Waals surface area contributed by atoms with Crippen molar-refractivity contribution in [1.82, 2.24) is 5.32 Å². The standard InChI is InChI=1S/C13H25NO4/c1-9(17-6)7-8-11(15)14-10(2)12(16)18-13(3,4)5/h9-10H,7-8H2,1-6H3,(H,14,15)/t9?,10-/m1/s1. The van der Waals surface area contributed by atoms with E-state index in [9.17, 15) is 9.59 Å². The maximum absolute atomic E-state index is 11.6. The van der Waals surface area contributed by atoms with Gasteiger partial charge >= 0.3 is 5.97 Å². The number of amides is 1. The maximum Gasteiger partial charge on any atom is 0.328 e. The third kappa shape index (κ3) is 8.06. The molecule has 1 amide bonds. The molecule has 106 valence electrons. The van der Waals surface area contributed by atoms with Crippen molar-refractivity contribution in [3.8, 4) is 0 Å². The number of hydrogen-bond donors (Lipinski definition) is 1. The lowest BCUT2D eigenvalue weighted by Crippen LogP contribution is -2.42. The van der Waals surface area contributed by atoms with E-state index >= 15 is 0 Å². The molecule has 0 heterocycles. The van der Waals surface area contributed by atoms with Gasteiger partial charge in [-0.1, -0.05) is 0 Å². The van der Waals surface area contributed by atoms with Crippen molar-refractivity contribution < 1.29 is 19.1 Å². The van der Waals surface area contributed by atoms with Crippen LogP contribution in [0.5, 0.6) is 0 Å². The van der Waals surface area contributed by atoms with Gasteiger partial charge in [-0.05, 0) is 41.0 Å². The molecule has 5 nitrogen and oxygen atoms in total. The summed E-state index contributed by atoms with van der Waals surface area (Å²) in [6.07, 6.45) is 0.999. The van der Waals surface area contributed by atoms with Gasteiger partial charge in [0.2, 0.25) is 5.91 Å². The quantitative estimate of drug-likeness (QED) is 0.737. The minimum atomic E-state index is -0.630. The molecule has 0 radical (unpaired) electrons. The highest BCUT2D eigenvalue weighted by Gasteiger charge is 2.22. The first-order chi connectivity index (χ1) is 8.15. The molecule has 0 spiro atoms. The van der Waals surface area contributed by atoms with Gasteiger partial charge in [0.1, 0.15) is 11.6 Å². The predicted octanol–water partition coefficient (Wildman–Crippen LogP) is 1.65. The van der Waals surface area contributed by atoms with Gasteiger partial charge in [0.25, 0.3) is 0 Å². The van der Waals surface area contributed by atoms with Crippen molar-refractivity contribution in [3.63, 3.8) is 0 Å². The zero-order valence-corrected chi connectivity index (χ0v) is 12.2. The lowest BCUT2D eigenvalue weighted by molar-refractivity contribution is -0.158. The summed E-state index contributed by atoms with van der Waals surface area (Å²) >= 11 is 0. The van der Waals surface area contributed by atoms with E-state index in [-0.39, 0.29) is 12.0 Å². The fourth-order valence-corrected chi connectivity index (χ4v) is 1.21. The molecule has 0 aromatic rings. The van der Waals surface area contributed by atoms with Gasteiger partial charge in [0.05, 0.1) is 6.10 Å². The first-order valence-electron chi connectivity index (χ1n) is 6.20. The van der Waals surface area contributed by atoms with E-state index in [2.05, 4.69) is 5.32 Å². The van der Waals surface area contributed by atoms with E-state index in [4.69, 9.17) is 9.47 Å². The van der Waals surface area contributed by atoms with Crippen molar-refractivity contribution >= 4 is 11.9 Å². The summed E-state index contributed by atoms with van der Waals surface area (Å²) in [5, 5.41) is 2.61. The number of methoxy groups -OCH3 is 1. The molecule has 0 fully saturated rings. The topological polar surface area (TPSA) is 64.6 Å². The van der Waals surface area contributed by atoms with Crippen LogP contribution < -0.4 is 5.32 Å². The Labute approximate surface area is 109 Å². The second-order valence-electron chi connectivity index (χ2n) is 5.41. The average Bonchev–Trinajstić information content (AvgIpc) is 2.23. The van der Waals surface area contributed by atoms with Crippen LogP contribution in [0.25, 0.3) is 0 Å². The molecule has 18 heavy (non-hydrogen) atoms. The van der Waals surface area contributed by atoms with Crippen LogP contribution in [-0.2, 0) is 19.1 Å². The van der Waals surface area contributed by atoms with E-state index in [0.717, 1.165) is 0 Å². The molecule has 5 heteroatoms. The molecule has 1 unspecified atom stereocenters. The summed E-state index contributed by atoms with van der Waals surface area (Å²) in [5.74, 6) is -0.590. The number of nitrogens with one attached hydrogen (secondary N) is 1. The molecule has 2 atom stereocenters. The molecular formula is C13H25NO4. The zero-order chi connectivity index (χ0) is 14.3. The van der Waals surface area contributed by atoms with Crippen molar-refractivity contribution in [1.29, 1.82) is 0 Å². The SMILES string of the molecule is COC(C)CCC(=O)N[C@H](C)C(=O)OC(C)(C)C. The molecule has 0 aromatic carbocycles. The summed E-state index contributed by atoms with van der Waals surface area (Å²) in [5.41, 5.74) is -0.541. The number of esters is 1. The van der Waals surface area contributed by atoms with Crippen molar-refractivity contribution in [2.75, 3.05) is 7.11 Å². The Morgan fingerprint density at radius 2 is 1.78 bits per heavy atom. The maximum atomic E-state index is 11.6. The van der Waals surface area contributed by atoms with Crippen LogP contribution in [0.1, 0.15) is 47.5 Å². The van der Waals surface area contributed by atoms with E-state index in [0.29, 0.717) is 12.8 Å². The van der Waals surface area contributed by atoms with Crippen LogP contribution in [-0.4, -0.2) is 36.7 Å². The molecule has 0 saturated heterocycles. The molecule has 0 aliphatic carbocycles. The Hall–Kier alpha value is -1.10. The van der Waals surface area contributed by atoms with Gasteiger partial charge in [-0.25, -0.2) is 4.79 Å². The van der Waals surface area contributed by atoms with Crippen LogP contribution in [0, 0.1) is 0 Å². The van der Waals surface area contributed by atoms with Gasteiger partial charge in [-0.15, -0.1) is 0 Å². The Kier molecular flexibility index (Phi) is 6.91. The van der Waals surface area contributed by atoms with Gasteiger partial charge in [0, 0.05) is 13.5 Å². The lowest BCUT2D eigenvalue weighted by Gasteiger charge is -2.22. The molecule has 0 rings (SSSR count). The molecule has 0 saturated carbocycles. The number of hydrogen-bond acceptors (Lipinski definition) is 4. The smallest absolute Gasteiger partial charge is 0.328 e. The highest BCUT2D eigenvalue weighted by atomic mass is 16.6. The van der Waals surface area contributed by atoms with Crippen LogP contribution in [0.2, 0.25) is 0 Å². The van der Waals surface area contributed by atoms with E-state index in [1.165, 1.54) is 0 Å². The molecule has 1 N–H and O–H groups in total. The number of carbonyl (C=O) groups excluding carboxylic acids is 2. The molecule has 0 aliphatic heterocycles. The number of rotatable bonds is 6. The summed E-state index contributed by atoms with van der Waals surface area (Å²) in [4.78, 5) is 23.2. The van der Waals surface area contributed by atoms with Crippen molar-refractivity contribution in [2.24, 2.45) is 0 Å². The van der Waals surface area contributed by atoms with Crippen molar-refractivity contribution in [2.45, 2.75) is 65.2 Å². The van der Waals surface area contributed by atoms with Crippen LogP contribution in [0.15, 0.2) is 0 Å². The summed E-state index contributed by atoms with van der Waals surface area (Å²) in [6.45, 7) is 8.88. The van der Waals surface area contributed by atoms with Crippen LogP contribution in [0.4, 0.5) is 0 Å². The largest absolute Gasteiger partial charge is 0.458 e. The first-order valence-corrected chi connectivity index (χ1v) is 6.20. The fraction of sp³-hybridized carbons (Fsp3) is 0.846. The van der Waals surface area contributed by atoms with E-state index in [1.54, 1.807) is 34.8 Å². The minimum Gasteiger partial charge on any atom is -0.458 e. The minimum absolute atomic E-state index is 0.0348. The van der Waals surface area contributed by atoms with Gasteiger partial charge in [0.15, 0.2) is 0 Å². The molecular weight excluding hydrogens is 234 g/mol. The summed E-state index contributed by atoms with van der Waals surface area (Å²) in [6, 6.07) is -0.630. The Morgan fingerprint density at radius 3 is 2.22 bits per heavy atom. The van der Waals surface area contributed by atoms with E-state index < -0.39 is 17.6 Å². The average molecular weight is 259 g/mol. The lowest BCUT2D eigenvalue weighted by atomic mass is 10.2. The predicted molar refractivity (Wildman–Crippen MR) is 69.2 cm³/mol. The van der Waals surface area contributed by atoms with Crippen LogP contribution >= 0.6 is 0 Å². The number of ether oxygens (including phenoxy) is 2.